The number of carbonyl (C=O) groups excluding carboxylic acids is 2. The van der Waals surface area contributed by atoms with Gasteiger partial charge in [-0.2, -0.15) is 10.1 Å². The third kappa shape index (κ3) is 3.83. The Balaban J connectivity index is 1.38. The van der Waals surface area contributed by atoms with E-state index in [1.54, 1.807) is 31.3 Å². The molecule has 0 saturated carbocycles. The molecule has 1 aliphatic rings. The van der Waals surface area contributed by atoms with Crippen molar-refractivity contribution in [3.8, 4) is 11.4 Å². The summed E-state index contributed by atoms with van der Waals surface area (Å²) < 4.78 is 26.2. The van der Waals surface area contributed by atoms with E-state index in [0.717, 1.165) is 0 Å². The fourth-order valence-electron chi connectivity index (χ4n) is 3.69. The zero-order valence-corrected chi connectivity index (χ0v) is 18.8. The first-order chi connectivity index (χ1) is 16.3. The molecule has 1 saturated heterocycles. The molecular weight excluding hydrogens is 467 g/mol. The maximum Gasteiger partial charge on any atom is 0.409 e. The molecule has 0 radical (unpaired) electrons. The first-order valence-corrected chi connectivity index (χ1v) is 10.6. The molecule has 174 valence electrons. The van der Waals surface area contributed by atoms with Crippen LogP contribution in [0.15, 0.2) is 41.2 Å². The molecule has 0 bridgehead atoms. The smallest absolute Gasteiger partial charge is 0.409 e. The lowest BCUT2D eigenvalue weighted by Crippen LogP contribution is -2.48. The van der Waals surface area contributed by atoms with Gasteiger partial charge in [0.15, 0.2) is 0 Å². The average molecular weight is 485 g/mol. The van der Waals surface area contributed by atoms with Crippen molar-refractivity contribution in [2.75, 3.05) is 25.5 Å². The standard InChI is InChI=1S/C22H18ClFN6O4/c1-11-16(24)5-12(19-27-21(34-28-19)13-9-29(10-13)22(32)33-2)6-17(11)26-20(31)15-8-25-30-4-3-14(23)7-18(15)30/h3-8,13H,9-10H2,1-2H3,(H,26,31). The lowest BCUT2D eigenvalue weighted by Gasteiger charge is -2.35. The topological polar surface area (TPSA) is 115 Å². The molecule has 2 amide bonds. The highest BCUT2D eigenvalue weighted by atomic mass is 35.5. The average Bonchev–Trinajstić information content (AvgIpc) is 3.42. The molecule has 1 aliphatic heterocycles. The van der Waals surface area contributed by atoms with E-state index in [-0.39, 0.29) is 28.6 Å². The van der Waals surface area contributed by atoms with E-state index in [2.05, 4.69) is 25.3 Å². The number of likely N-dealkylation sites (tertiary alicyclic amines) is 1. The predicted molar refractivity (Wildman–Crippen MR) is 119 cm³/mol. The molecule has 12 heteroatoms. The third-order valence-corrected chi connectivity index (χ3v) is 5.92. The summed E-state index contributed by atoms with van der Waals surface area (Å²) in [5.74, 6) is -0.628. The van der Waals surface area contributed by atoms with E-state index < -0.39 is 17.8 Å². The van der Waals surface area contributed by atoms with Gasteiger partial charge < -0.3 is 19.5 Å². The Kier molecular flexibility index (Phi) is 5.40. The molecule has 0 unspecified atom stereocenters. The SMILES string of the molecule is COC(=O)N1CC(c2nc(-c3cc(F)c(C)c(NC(=O)c4cnn5ccc(Cl)cc45)c3)no2)C1. The third-order valence-electron chi connectivity index (χ3n) is 5.68. The summed E-state index contributed by atoms with van der Waals surface area (Å²) in [5.41, 5.74) is 1.65. The van der Waals surface area contributed by atoms with Crippen molar-refractivity contribution in [2.45, 2.75) is 12.8 Å². The van der Waals surface area contributed by atoms with Crippen LogP contribution in [0.1, 0.15) is 27.7 Å². The van der Waals surface area contributed by atoms with Gasteiger partial charge >= 0.3 is 6.09 Å². The van der Waals surface area contributed by atoms with Crippen molar-refractivity contribution in [1.29, 1.82) is 0 Å². The number of nitrogens with one attached hydrogen (secondary N) is 1. The molecule has 0 atom stereocenters. The molecule has 4 heterocycles. The van der Waals surface area contributed by atoms with Crippen molar-refractivity contribution >= 4 is 34.8 Å². The lowest BCUT2D eigenvalue weighted by molar-refractivity contribution is 0.0804. The van der Waals surface area contributed by atoms with Gasteiger partial charge in [0.05, 0.1) is 30.3 Å². The molecule has 1 aromatic carbocycles. The number of anilines is 1. The van der Waals surface area contributed by atoms with E-state index in [9.17, 15) is 14.0 Å². The number of carbonyl (C=O) groups is 2. The Morgan fingerprint density at radius 3 is 2.85 bits per heavy atom. The number of benzene rings is 1. The van der Waals surface area contributed by atoms with Crippen LogP contribution < -0.4 is 5.32 Å². The number of hydrogen-bond donors (Lipinski definition) is 1. The van der Waals surface area contributed by atoms with Crippen LogP contribution in [0.25, 0.3) is 16.9 Å². The zero-order chi connectivity index (χ0) is 24.0. The molecule has 4 aromatic rings. The van der Waals surface area contributed by atoms with Crippen LogP contribution in [-0.2, 0) is 4.74 Å². The summed E-state index contributed by atoms with van der Waals surface area (Å²) in [6.45, 7) is 2.34. The van der Waals surface area contributed by atoms with Gasteiger partial charge in [0.25, 0.3) is 5.91 Å². The van der Waals surface area contributed by atoms with Gasteiger partial charge in [0.1, 0.15) is 5.82 Å². The maximum atomic E-state index is 14.7. The zero-order valence-electron chi connectivity index (χ0n) is 18.1. The van der Waals surface area contributed by atoms with Crippen molar-refractivity contribution in [3.05, 3.63) is 64.5 Å². The molecular formula is C22H18ClFN6O4. The van der Waals surface area contributed by atoms with E-state index in [1.165, 1.54) is 28.8 Å². The van der Waals surface area contributed by atoms with Crippen LogP contribution in [0.2, 0.25) is 5.02 Å². The lowest BCUT2D eigenvalue weighted by atomic mass is 10.0. The summed E-state index contributed by atoms with van der Waals surface area (Å²) in [4.78, 5) is 30.3. The highest BCUT2D eigenvalue weighted by molar-refractivity contribution is 6.31. The Morgan fingerprint density at radius 1 is 1.29 bits per heavy atom. The summed E-state index contributed by atoms with van der Waals surface area (Å²) in [6, 6.07) is 6.12. The molecule has 0 aliphatic carbocycles. The number of amides is 2. The van der Waals surface area contributed by atoms with Gasteiger partial charge in [0.2, 0.25) is 11.7 Å². The van der Waals surface area contributed by atoms with E-state index >= 15 is 0 Å². The number of pyridine rings is 1. The Hall–Kier alpha value is -3.99. The Morgan fingerprint density at radius 2 is 2.09 bits per heavy atom. The fourth-order valence-corrected chi connectivity index (χ4v) is 3.85. The number of ether oxygens (including phenoxy) is 1. The van der Waals surface area contributed by atoms with Crippen LogP contribution in [0.5, 0.6) is 0 Å². The van der Waals surface area contributed by atoms with Gasteiger partial charge in [0, 0.05) is 41.1 Å². The van der Waals surface area contributed by atoms with Crippen molar-refractivity contribution < 1.29 is 23.2 Å². The summed E-state index contributed by atoms with van der Waals surface area (Å²) in [7, 11) is 1.31. The molecule has 1 N–H and O–H groups in total. The van der Waals surface area contributed by atoms with Crippen LogP contribution in [0.3, 0.4) is 0 Å². The number of aromatic nitrogens is 4. The molecule has 1 fully saturated rings. The molecule has 0 spiro atoms. The molecule has 10 nitrogen and oxygen atoms in total. The first-order valence-electron chi connectivity index (χ1n) is 10.3. The van der Waals surface area contributed by atoms with Crippen molar-refractivity contribution in [1.82, 2.24) is 24.7 Å². The predicted octanol–water partition coefficient (Wildman–Crippen LogP) is 3.90. The summed E-state index contributed by atoms with van der Waals surface area (Å²) >= 11 is 6.05. The first kappa shape index (κ1) is 21.8. The second kappa shape index (κ2) is 8.41. The quantitative estimate of drug-likeness (QED) is 0.467. The fraction of sp³-hybridized carbons (Fsp3) is 0.227. The highest BCUT2D eigenvalue weighted by Gasteiger charge is 2.36. The normalized spacial score (nSPS) is 13.7. The Bertz CT molecular complexity index is 1430. The number of fused-ring (bicyclic) bond motifs is 1. The van der Waals surface area contributed by atoms with Crippen molar-refractivity contribution in [3.63, 3.8) is 0 Å². The van der Waals surface area contributed by atoms with Crippen LogP contribution in [0, 0.1) is 12.7 Å². The summed E-state index contributed by atoms with van der Waals surface area (Å²) in [6.07, 6.45) is 2.63. The highest BCUT2D eigenvalue weighted by Crippen LogP contribution is 2.31. The number of halogens is 2. The van der Waals surface area contributed by atoms with Gasteiger partial charge in [-0.05, 0) is 31.2 Å². The van der Waals surface area contributed by atoms with Crippen LogP contribution in [-0.4, -0.2) is 56.9 Å². The largest absolute Gasteiger partial charge is 0.453 e. The number of hydrogen-bond acceptors (Lipinski definition) is 7. The number of rotatable bonds is 4. The van der Waals surface area contributed by atoms with Gasteiger partial charge in [-0.25, -0.2) is 13.7 Å². The molecule has 5 rings (SSSR count). The second-order valence-electron chi connectivity index (χ2n) is 7.85. The van der Waals surface area contributed by atoms with E-state index in [1.807, 2.05) is 0 Å². The number of nitrogens with zero attached hydrogens (tertiary/aromatic N) is 5. The summed E-state index contributed by atoms with van der Waals surface area (Å²) in [5, 5.41) is 11.3. The minimum absolute atomic E-state index is 0.128. The van der Waals surface area contributed by atoms with Gasteiger partial charge in [-0.3, -0.25) is 4.79 Å². The minimum atomic E-state index is -0.539. The second-order valence-corrected chi connectivity index (χ2v) is 8.28. The van der Waals surface area contributed by atoms with Gasteiger partial charge in [-0.1, -0.05) is 16.8 Å². The number of methoxy groups -OCH3 is 1. The van der Waals surface area contributed by atoms with E-state index in [4.69, 9.17) is 16.1 Å². The Labute approximate surface area is 197 Å². The van der Waals surface area contributed by atoms with E-state index in [0.29, 0.717) is 35.1 Å². The molecule has 3 aromatic heterocycles. The van der Waals surface area contributed by atoms with Gasteiger partial charge in [-0.15, -0.1) is 0 Å². The maximum absolute atomic E-state index is 14.7. The van der Waals surface area contributed by atoms with Crippen LogP contribution in [0.4, 0.5) is 14.9 Å². The minimum Gasteiger partial charge on any atom is -0.453 e. The monoisotopic (exact) mass is 484 g/mol. The molecule has 34 heavy (non-hydrogen) atoms. The van der Waals surface area contributed by atoms with Crippen LogP contribution >= 0.6 is 11.6 Å². The van der Waals surface area contributed by atoms with Crippen molar-refractivity contribution in [2.24, 2.45) is 0 Å².